The van der Waals surface area contributed by atoms with Gasteiger partial charge in [0.2, 0.25) is 11.8 Å². The molecule has 0 aliphatic carbocycles. The maximum atomic E-state index is 13.6. The molecule has 12 heteroatoms. The minimum atomic E-state index is -4.38. The fourth-order valence-electron chi connectivity index (χ4n) is 3.94. The normalized spacial score (nSPS) is 15.6. The zero-order valence-electron chi connectivity index (χ0n) is 17.2. The molecular formula is C22H15ClN6O4S. The van der Waals surface area contributed by atoms with Gasteiger partial charge in [-0.15, -0.1) is 9.19 Å². The number of rotatable bonds is 3. The summed E-state index contributed by atoms with van der Waals surface area (Å²) in [7, 11) is -4.38. The monoisotopic (exact) mass is 494 g/mol. The third-order valence-electron chi connectivity index (χ3n) is 5.48. The van der Waals surface area contributed by atoms with Crippen LogP contribution in [0.5, 0.6) is 11.6 Å². The van der Waals surface area contributed by atoms with Crippen LogP contribution in [-0.4, -0.2) is 27.7 Å². The molecule has 2 aromatic carbocycles. The number of nitrogens with two attached hydrogens (primary N) is 2. The lowest BCUT2D eigenvalue weighted by Gasteiger charge is -2.23. The first-order valence-electron chi connectivity index (χ1n) is 9.77. The molecule has 0 radical (unpaired) electrons. The fraction of sp³-hybridized carbons (Fsp3) is 0.0455. The van der Waals surface area contributed by atoms with E-state index in [1.54, 1.807) is 30.3 Å². The lowest BCUT2D eigenvalue weighted by molar-refractivity contribution is 0.377. The van der Waals surface area contributed by atoms with Crippen LogP contribution in [-0.2, 0) is 10.0 Å². The Morgan fingerprint density at radius 1 is 1.15 bits per heavy atom. The fourth-order valence-corrected chi connectivity index (χ4v) is 5.47. The van der Waals surface area contributed by atoms with E-state index in [9.17, 15) is 18.8 Å². The van der Waals surface area contributed by atoms with E-state index in [1.807, 2.05) is 6.07 Å². The number of allylic oxidation sites excluding steroid dienone is 1. The Kier molecular flexibility index (Phi) is 4.85. The topological polar surface area (TPSA) is 170 Å². The van der Waals surface area contributed by atoms with Crippen LogP contribution >= 0.6 is 11.6 Å². The lowest BCUT2D eigenvalue weighted by atomic mass is 9.85. The molecule has 5 N–H and O–H groups in total. The molecule has 2 aromatic heterocycles. The number of pyridine rings is 1. The second-order valence-corrected chi connectivity index (χ2v) is 9.58. The van der Waals surface area contributed by atoms with Crippen LogP contribution in [0.25, 0.3) is 10.9 Å². The smallest absolute Gasteiger partial charge is 0.285 e. The molecule has 0 saturated carbocycles. The molecule has 0 unspecified atom stereocenters. The minimum Gasteiger partial charge on any atom is -0.506 e. The van der Waals surface area contributed by atoms with Gasteiger partial charge in [-0.25, -0.2) is 0 Å². The van der Waals surface area contributed by atoms with Crippen molar-refractivity contribution in [3.63, 3.8) is 0 Å². The van der Waals surface area contributed by atoms with Crippen molar-refractivity contribution in [1.29, 1.82) is 5.26 Å². The van der Waals surface area contributed by atoms with E-state index in [2.05, 4.69) is 10.1 Å². The molecular weight excluding hydrogens is 480 g/mol. The maximum absolute atomic E-state index is 13.6. The molecule has 1 aliphatic heterocycles. The number of nitrogen functional groups attached to an aromatic ring is 1. The van der Waals surface area contributed by atoms with E-state index < -0.39 is 15.9 Å². The lowest BCUT2D eigenvalue weighted by Crippen LogP contribution is -2.21. The number of phenols is 1. The first-order chi connectivity index (χ1) is 16.2. The van der Waals surface area contributed by atoms with Gasteiger partial charge in [0.1, 0.15) is 28.7 Å². The number of ether oxygens (including phenoxy) is 1. The number of nitrogens with zero attached hydrogens (tertiary/aromatic N) is 4. The van der Waals surface area contributed by atoms with Crippen molar-refractivity contribution in [2.24, 2.45) is 5.73 Å². The zero-order valence-corrected chi connectivity index (χ0v) is 18.7. The number of aromatic nitrogens is 3. The van der Waals surface area contributed by atoms with Gasteiger partial charge < -0.3 is 21.3 Å². The van der Waals surface area contributed by atoms with Crippen LogP contribution in [0.4, 0.5) is 5.82 Å². The number of benzene rings is 2. The molecule has 10 nitrogen and oxygen atoms in total. The van der Waals surface area contributed by atoms with Crippen molar-refractivity contribution in [2.45, 2.75) is 10.8 Å². The summed E-state index contributed by atoms with van der Waals surface area (Å²) in [5, 5.41) is 24.6. The van der Waals surface area contributed by atoms with Gasteiger partial charge in [-0.3, -0.25) is 4.98 Å². The molecule has 4 aromatic rings. The number of aromatic hydroxyl groups is 1. The van der Waals surface area contributed by atoms with Crippen molar-refractivity contribution in [2.75, 3.05) is 5.73 Å². The van der Waals surface area contributed by atoms with Crippen molar-refractivity contribution < 1.29 is 18.3 Å². The number of hydrogen-bond acceptors (Lipinski definition) is 9. The molecule has 0 saturated heterocycles. The van der Waals surface area contributed by atoms with Gasteiger partial charge in [0, 0.05) is 16.6 Å². The second kappa shape index (κ2) is 7.65. The zero-order chi connectivity index (χ0) is 24.2. The van der Waals surface area contributed by atoms with Crippen LogP contribution in [0, 0.1) is 11.3 Å². The molecule has 170 valence electrons. The molecule has 0 fully saturated rings. The molecule has 1 aliphatic rings. The van der Waals surface area contributed by atoms with E-state index in [0.717, 1.165) is 0 Å². The Morgan fingerprint density at radius 3 is 2.59 bits per heavy atom. The highest BCUT2D eigenvalue weighted by atomic mass is 35.5. The van der Waals surface area contributed by atoms with Crippen molar-refractivity contribution >= 4 is 38.3 Å². The Balaban J connectivity index is 1.74. The summed E-state index contributed by atoms with van der Waals surface area (Å²) in [5.41, 5.74) is 13.2. The van der Waals surface area contributed by atoms with Crippen molar-refractivity contribution in [1.82, 2.24) is 14.2 Å². The molecule has 0 amide bonds. The number of phenolic OH excluding ortho intramolecular Hbond substituents is 1. The highest BCUT2D eigenvalue weighted by molar-refractivity contribution is 7.90. The molecule has 5 rings (SSSR count). The van der Waals surface area contributed by atoms with E-state index in [0.29, 0.717) is 14.7 Å². The first-order valence-corrected chi connectivity index (χ1v) is 11.6. The van der Waals surface area contributed by atoms with E-state index in [1.165, 1.54) is 24.4 Å². The minimum absolute atomic E-state index is 0.0535. The van der Waals surface area contributed by atoms with Gasteiger partial charge >= 0.3 is 0 Å². The quantitative estimate of drug-likeness (QED) is 0.387. The third kappa shape index (κ3) is 3.12. The molecule has 0 spiro atoms. The van der Waals surface area contributed by atoms with Crippen LogP contribution in [0.1, 0.15) is 17.0 Å². The number of anilines is 1. The van der Waals surface area contributed by atoms with E-state index in [-0.39, 0.29) is 50.3 Å². The number of halogens is 1. The molecule has 0 bridgehead atoms. The van der Waals surface area contributed by atoms with Gasteiger partial charge in [-0.2, -0.15) is 13.7 Å². The van der Waals surface area contributed by atoms with Crippen LogP contribution in [0.2, 0.25) is 5.02 Å². The summed E-state index contributed by atoms with van der Waals surface area (Å²) >= 11 is 6.00. The highest BCUT2D eigenvalue weighted by Crippen LogP contribution is 2.45. The van der Waals surface area contributed by atoms with Gasteiger partial charge in [0.25, 0.3) is 10.0 Å². The standard InChI is InChI=1S/C22H15ClN6O4S/c23-12-5-3-11(4-6-12)17-14(10-24)21(26)33-22-18(17)20(25)29(28-22)34(31,32)16-8-7-15(30)19-13(16)2-1-9-27-19/h1-9,17,30H,25-26H2/t17-/m1/s1. The summed E-state index contributed by atoms with van der Waals surface area (Å²) in [5.74, 6) is -1.60. The van der Waals surface area contributed by atoms with Gasteiger partial charge in [-0.1, -0.05) is 23.7 Å². The van der Waals surface area contributed by atoms with Crippen molar-refractivity contribution in [3.8, 4) is 17.7 Å². The van der Waals surface area contributed by atoms with Gasteiger partial charge in [0.15, 0.2) is 0 Å². The van der Waals surface area contributed by atoms with E-state index in [4.69, 9.17) is 27.8 Å². The van der Waals surface area contributed by atoms with Crippen molar-refractivity contribution in [3.05, 3.63) is 82.3 Å². The summed E-state index contributed by atoms with van der Waals surface area (Å²) in [6, 6.07) is 14.1. The predicted octanol–water partition coefficient (Wildman–Crippen LogP) is 2.83. The first kappa shape index (κ1) is 21.6. The Hall–Kier alpha value is -4.27. The Bertz CT molecular complexity index is 1660. The highest BCUT2D eigenvalue weighted by Gasteiger charge is 2.38. The van der Waals surface area contributed by atoms with Crippen LogP contribution in [0.3, 0.4) is 0 Å². The largest absolute Gasteiger partial charge is 0.506 e. The maximum Gasteiger partial charge on any atom is 0.285 e. The summed E-state index contributed by atoms with van der Waals surface area (Å²) in [6.07, 6.45) is 1.43. The number of fused-ring (bicyclic) bond motifs is 2. The predicted molar refractivity (Wildman–Crippen MR) is 123 cm³/mol. The summed E-state index contributed by atoms with van der Waals surface area (Å²) in [6.45, 7) is 0. The summed E-state index contributed by atoms with van der Waals surface area (Å²) < 4.78 is 33.4. The van der Waals surface area contributed by atoms with Gasteiger partial charge in [-0.05, 0) is 42.0 Å². The SMILES string of the molecule is N#CC1=C(N)Oc2nn(S(=O)(=O)c3ccc(O)c4ncccc34)c(N)c2[C@@H]1c1ccc(Cl)cc1. The third-order valence-corrected chi connectivity index (χ3v) is 7.38. The Labute approximate surface area is 198 Å². The molecule has 1 atom stereocenters. The number of hydrogen-bond donors (Lipinski definition) is 3. The average molecular weight is 495 g/mol. The second-order valence-electron chi connectivity index (χ2n) is 7.41. The number of nitriles is 1. The molecule has 3 heterocycles. The Morgan fingerprint density at radius 2 is 1.88 bits per heavy atom. The average Bonchev–Trinajstić information content (AvgIpc) is 3.15. The molecule has 34 heavy (non-hydrogen) atoms. The van der Waals surface area contributed by atoms with Crippen LogP contribution < -0.4 is 16.2 Å². The van der Waals surface area contributed by atoms with Crippen LogP contribution in [0.15, 0.2) is 71.1 Å². The van der Waals surface area contributed by atoms with Gasteiger partial charge in [0.05, 0.1) is 16.4 Å². The van der Waals surface area contributed by atoms with E-state index >= 15 is 0 Å². The summed E-state index contributed by atoms with van der Waals surface area (Å²) in [4.78, 5) is 3.88.